The van der Waals surface area contributed by atoms with Crippen LogP contribution in [0.3, 0.4) is 0 Å². The summed E-state index contributed by atoms with van der Waals surface area (Å²) in [6, 6.07) is 14.7. The zero-order valence-corrected chi connectivity index (χ0v) is 23.6. The molecule has 1 heterocycles. The van der Waals surface area contributed by atoms with Crippen LogP contribution in [0.15, 0.2) is 52.9 Å². The SMILES string of the molecule is CN(c1cc(CBr)cc(-c2nnc([C@@](C)(Cc3ccccc3)N(C(=O)O)C(C)(C)C)o2)c1)S(C)(=O)=O. The van der Waals surface area contributed by atoms with Gasteiger partial charge in [-0.2, -0.15) is 0 Å². The predicted octanol–water partition coefficient (Wildman–Crippen LogP) is 5.26. The summed E-state index contributed by atoms with van der Waals surface area (Å²) in [6.07, 6.45) is 0.321. The van der Waals surface area contributed by atoms with Crippen LogP contribution >= 0.6 is 15.9 Å². The number of nitrogens with zero attached hydrogens (tertiary/aromatic N) is 4. The van der Waals surface area contributed by atoms with Crippen molar-refractivity contribution in [2.24, 2.45) is 0 Å². The van der Waals surface area contributed by atoms with Crippen molar-refractivity contribution in [1.29, 1.82) is 0 Å². The van der Waals surface area contributed by atoms with Crippen LogP contribution < -0.4 is 4.31 Å². The maximum absolute atomic E-state index is 12.5. The molecule has 0 aliphatic heterocycles. The monoisotopic (exact) mass is 578 g/mol. The fraction of sp³-hybridized carbons (Fsp3) is 0.400. The highest BCUT2D eigenvalue weighted by molar-refractivity contribution is 9.08. The number of carbonyl (C=O) groups is 1. The van der Waals surface area contributed by atoms with Gasteiger partial charge in [0.15, 0.2) is 0 Å². The third-order valence-corrected chi connectivity index (χ3v) is 7.73. The van der Waals surface area contributed by atoms with E-state index in [0.717, 1.165) is 17.4 Å². The molecule has 9 nitrogen and oxygen atoms in total. The van der Waals surface area contributed by atoms with Crippen LogP contribution in [-0.2, 0) is 27.3 Å². The third kappa shape index (κ3) is 5.89. The number of hydrogen-bond acceptors (Lipinski definition) is 6. The first-order valence-electron chi connectivity index (χ1n) is 11.2. The molecule has 1 N–H and O–H groups in total. The molecule has 2 aromatic carbocycles. The molecular formula is C25H31BrN4O5S. The van der Waals surface area contributed by atoms with E-state index in [0.29, 0.717) is 23.0 Å². The Balaban J connectivity index is 2.16. The Bertz CT molecular complexity index is 1340. The van der Waals surface area contributed by atoms with Crippen LogP contribution in [0.2, 0.25) is 0 Å². The van der Waals surface area contributed by atoms with E-state index in [9.17, 15) is 18.3 Å². The second-order valence-corrected chi connectivity index (χ2v) is 12.5. The Hall–Kier alpha value is -2.92. The lowest BCUT2D eigenvalue weighted by atomic mass is 9.87. The number of benzene rings is 2. The highest BCUT2D eigenvalue weighted by Gasteiger charge is 2.47. The van der Waals surface area contributed by atoms with Crippen molar-refractivity contribution in [3.63, 3.8) is 0 Å². The van der Waals surface area contributed by atoms with Gasteiger partial charge in [0, 0.05) is 29.9 Å². The van der Waals surface area contributed by atoms with E-state index in [4.69, 9.17) is 4.42 Å². The molecule has 1 amide bonds. The van der Waals surface area contributed by atoms with Crippen molar-refractivity contribution in [2.45, 2.75) is 50.5 Å². The number of rotatable bonds is 8. The van der Waals surface area contributed by atoms with E-state index in [1.54, 1.807) is 19.1 Å². The molecule has 0 bridgehead atoms. The maximum Gasteiger partial charge on any atom is 0.408 e. The molecule has 0 aliphatic rings. The summed E-state index contributed by atoms with van der Waals surface area (Å²) in [7, 11) is -2.02. The van der Waals surface area contributed by atoms with E-state index in [-0.39, 0.29) is 11.8 Å². The zero-order valence-electron chi connectivity index (χ0n) is 21.2. The Morgan fingerprint density at radius 2 is 1.69 bits per heavy atom. The lowest BCUT2D eigenvalue weighted by molar-refractivity contribution is 0.00810. The first-order chi connectivity index (χ1) is 16.7. The molecule has 194 valence electrons. The summed E-state index contributed by atoms with van der Waals surface area (Å²) in [4.78, 5) is 13.8. The largest absolute Gasteiger partial charge is 0.465 e. The van der Waals surface area contributed by atoms with Gasteiger partial charge in [0.2, 0.25) is 21.8 Å². The Labute approximate surface area is 220 Å². The van der Waals surface area contributed by atoms with Crippen molar-refractivity contribution < 1.29 is 22.7 Å². The number of aromatic nitrogens is 2. The van der Waals surface area contributed by atoms with Gasteiger partial charge in [0.1, 0.15) is 5.54 Å². The van der Waals surface area contributed by atoms with Crippen molar-refractivity contribution in [3.8, 4) is 11.5 Å². The highest BCUT2D eigenvalue weighted by Crippen LogP contribution is 2.38. The molecular weight excluding hydrogens is 548 g/mol. The zero-order chi connectivity index (χ0) is 26.9. The van der Waals surface area contributed by atoms with E-state index < -0.39 is 27.2 Å². The van der Waals surface area contributed by atoms with E-state index in [1.165, 1.54) is 16.3 Å². The topological polar surface area (TPSA) is 117 Å². The lowest BCUT2D eigenvalue weighted by Gasteiger charge is -2.45. The van der Waals surface area contributed by atoms with Crippen LogP contribution in [0.4, 0.5) is 10.5 Å². The summed E-state index contributed by atoms with van der Waals surface area (Å²) in [5.41, 5.74) is 0.732. The van der Waals surface area contributed by atoms with Gasteiger partial charge < -0.3 is 9.52 Å². The van der Waals surface area contributed by atoms with Crippen molar-refractivity contribution in [1.82, 2.24) is 15.1 Å². The second-order valence-electron chi connectivity index (χ2n) is 9.89. The Morgan fingerprint density at radius 1 is 1.06 bits per heavy atom. The standard InChI is InChI=1S/C25H31BrN4O5S/c1-24(2,3)30(23(31)32)25(4,15-17-10-8-7-9-11-17)22-28-27-21(35-22)19-12-18(16-26)13-20(14-19)29(5)36(6,33)34/h7-14H,15-16H2,1-6H3,(H,31,32)/t25-/m1/s1. The number of amides is 1. The predicted molar refractivity (Wildman–Crippen MR) is 143 cm³/mol. The average Bonchev–Trinajstić information content (AvgIpc) is 3.28. The highest BCUT2D eigenvalue weighted by atomic mass is 79.9. The minimum atomic E-state index is -3.49. The minimum Gasteiger partial charge on any atom is -0.465 e. The number of sulfonamides is 1. The van der Waals surface area contributed by atoms with Crippen LogP contribution in [0.25, 0.3) is 11.5 Å². The van der Waals surface area contributed by atoms with E-state index in [1.807, 2.05) is 57.2 Å². The fourth-order valence-electron chi connectivity index (χ4n) is 4.29. The first kappa shape index (κ1) is 27.7. The maximum atomic E-state index is 12.5. The Kier molecular flexibility index (Phi) is 7.85. The summed E-state index contributed by atoms with van der Waals surface area (Å²) >= 11 is 3.42. The van der Waals surface area contributed by atoms with Crippen molar-refractivity contribution in [2.75, 3.05) is 17.6 Å². The molecule has 0 saturated heterocycles. The first-order valence-corrected chi connectivity index (χ1v) is 14.2. The third-order valence-electron chi connectivity index (χ3n) is 5.87. The summed E-state index contributed by atoms with van der Waals surface area (Å²) < 4.78 is 31.6. The number of hydrogen-bond donors (Lipinski definition) is 1. The smallest absolute Gasteiger partial charge is 0.408 e. The molecule has 0 radical (unpaired) electrons. The molecule has 0 unspecified atom stereocenters. The van der Waals surface area contributed by atoms with Gasteiger partial charge in [-0.1, -0.05) is 46.3 Å². The van der Waals surface area contributed by atoms with E-state index >= 15 is 0 Å². The minimum absolute atomic E-state index is 0.140. The number of alkyl halides is 1. The van der Waals surface area contributed by atoms with Crippen LogP contribution in [0, 0.1) is 0 Å². The Morgan fingerprint density at radius 3 is 2.22 bits per heavy atom. The molecule has 1 atom stereocenters. The molecule has 0 spiro atoms. The van der Waals surface area contributed by atoms with Gasteiger partial charge in [-0.25, -0.2) is 13.2 Å². The van der Waals surface area contributed by atoms with Gasteiger partial charge in [-0.15, -0.1) is 10.2 Å². The fourth-order valence-corrected chi connectivity index (χ4v) is 5.10. The molecule has 3 rings (SSSR count). The van der Waals surface area contributed by atoms with Gasteiger partial charge in [-0.05, 0) is 57.0 Å². The molecule has 3 aromatic rings. The lowest BCUT2D eigenvalue weighted by Crippen LogP contribution is -2.57. The van der Waals surface area contributed by atoms with Gasteiger partial charge in [-0.3, -0.25) is 9.21 Å². The summed E-state index contributed by atoms with van der Waals surface area (Å²) in [5.74, 6) is 0.301. The van der Waals surface area contributed by atoms with Crippen LogP contribution in [-0.4, -0.2) is 53.6 Å². The van der Waals surface area contributed by atoms with Crippen LogP contribution in [0.1, 0.15) is 44.7 Å². The molecule has 0 aliphatic carbocycles. The number of halogens is 1. The van der Waals surface area contributed by atoms with Gasteiger partial charge in [0.05, 0.1) is 11.9 Å². The van der Waals surface area contributed by atoms with Crippen LogP contribution in [0.5, 0.6) is 0 Å². The molecule has 0 saturated carbocycles. The molecule has 1 aromatic heterocycles. The number of carboxylic acid groups (broad SMARTS) is 1. The molecule has 11 heteroatoms. The van der Waals surface area contributed by atoms with E-state index in [2.05, 4.69) is 26.1 Å². The normalized spacial score (nSPS) is 13.8. The number of anilines is 1. The van der Waals surface area contributed by atoms with Gasteiger partial charge >= 0.3 is 6.09 Å². The second kappa shape index (κ2) is 10.2. The molecule has 0 fully saturated rings. The van der Waals surface area contributed by atoms with Gasteiger partial charge in [0.25, 0.3) is 0 Å². The summed E-state index contributed by atoms with van der Waals surface area (Å²) in [6.45, 7) is 7.21. The average molecular weight is 580 g/mol. The van der Waals surface area contributed by atoms with Crippen molar-refractivity contribution in [3.05, 3.63) is 65.5 Å². The molecule has 36 heavy (non-hydrogen) atoms. The summed E-state index contributed by atoms with van der Waals surface area (Å²) in [5, 5.41) is 19.2. The quantitative estimate of drug-likeness (QED) is 0.362. The van der Waals surface area contributed by atoms with Crippen molar-refractivity contribution >= 4 is 37.7 Å².